The number of para-hydroxylation sites is 1. The molecule has 1 aliphatic heterocycles. The lowest BCUT2D eigenvalue weighted by atomic mass is 9.72. The molecule has 0 bridgehead atoms. The molecular weight excluding hydrogens is 233 g/mol. The van der Waals surface area contributed by atoms with E-state index in [4.69, 9.17) is 14.4 Å². The highest BCUT2D eigenvalue weighted by molar-refractivity contribution is 6.48. The molecule has 1 aromatic carbocycles. The average Bonchev–Trinajstić information content (AvgIpc) is 2.37. The van der Waals surface area contributed by atoms with E-state index in [-0.39, 0.29) is 11.5 Å². The van der Waals surface area contributed by atoms with E-state index < -0.39 is 13.1 Å². The standard InChI is InChI=1S/C12H14BNO4/c1-3-14-10-7-8-5-4-6-9(12(15)16)11(8)18-13(10)17-2/h3-6,10,14H,1,7H2,2H3,(H,15,16). The predicted octanol–water partition coefficient (Wildman–Crippen LogP) is 1.10. The number of benzene rings is 1. The lowest BCUT2D eigenvalue weighted by Crippen LogP contribution is -2.50. The first kappa shape index (κ1) is 12.5. The molecule has 0 amide bonds. The van der Waals surface area contributed by atoms with Crippen molar-refractivity contribution in [2.45, 2.75) is 12.4 Å². The zero-order valence-corrected chi connectivity index (χ0v) is 10.1. The number of nitrogens with one attached hydrogen (secondary N) is 1. The van der Waals surface area contributed by atoms with Crippen molar-refractivity contribution < 1.29 is 19.2 Å². The molecule has 0 saturated heterocycles. The van der Waals surface area contributed by atoms with Gasteiger partial charge in [-0.05, 0) is 24.3 Å². The number of carbonyl (C=O) groups is 1. The fourth-order valence-corrected chi connectivity index (χ4v) is 2.09. The van der Waals surface area contributed by atoms with E-state index in [2.05, 4.69) is 11.9 Å². The number of fused-ring (bicyclic) bond motifs is 1. The third-order valence-corrected chi connectivity index (χ3v) is 2.89. The largest absolute Gasteiger partial charge is 0.549 e. The van der Waals surface area contributed by atoms with Crippen molar-refractivity contribution in [3.05, 3.63) is 42.1 Å². The van der Waals surface area contributed by atoms with Crippen LogP contribution in [0.2, 0.25) is 0 Å². The van der Waals surface area contributed by atoms with Gasteiger partial charge in [0.1, 0.15) is 5.75 Å². The predicted molar refractivity (Wildman–Crippen MR) is 67.6 cm³/mol. The van der Waals surface area contributed by atoms with E-state index in [1.165, 1.54) is 13.2 Å². The van der Waals surface area contributed by atoms with Crippen molar-refractivity contribution in [3.8, 4) is 5.75 Å². The Kier molecular flexibility index (Phi) is 3.57. The van der Waals surface area contributed by atoms with Crippen LogP contribution >= 0.6 is 0 Å². The minimum Gasteiger partial charge on any atom is -0.534 e. The topological polar surface area (TPSA) is 67.8 Å². The van der Waals surface area contributed by atoms with Crippen molar-refractivity contribution in [1.82, 2.24) is 5.32 Å². The number of carboxylic acids is 1. The molecule has 0 aromatic heterocycles. The molecular formula is C12H14BNO4. The van der Waals surface area contributed by atoms with Gasteiger partial charge in [0.05, 0.1) is 11.5 Å². The molecule has 1 atom stereocenters. The lowest BCUT2D eigenvalue weighted by Gasteiger charge is -2.30. The molecule has 94 valence electrons. The number of rotatable bonds is 4. The Hall–Kier alpha value is -1.95. The Morgan fingerprint density at radius 3 is 3.11 bits per heavy atom. The summed E-state index contributed by atoms with van der Waals surface area (Å²) in [5.74, 6) is -0.695. The molecule has 0 spiro atoms. The quantitative estimate of drug-likeness (QED) is 0.779. The van der Waals surface area contributed by atoms with Crippen molar-refractivity contribution >= 4 is 13.1 Å². The number of aromatic carboxylic acids is 1. The van der Waals surface area contributed by atoms with E-state index in [9.17, 15) is 4.79 Å². The Bertz CT molecular complexity index is 477. The fraction of sp³-hybridized carbons (Fsp3) is 0.250. The van der Waals surface area contributed by atoms with Crippen LogP contribution in [0.15, 0.2) is 31.0 Å². The van der Waals surface area contributed by atoms with Crippen LogP contribution < -0.4 is 9.97 Å². The van der Waals surface area contributed by atoms with E-state index in [0.717, 1.165) is 5.56 Å². The molecule has 0 saturated carbocycles. The highest BCUT2D eigenvalue weighted by atomic mass is 16.6. The van der Waals surface area contributed by atoms with Gasteiger partial charge in [-0.2, -0.15) is 0 Å². The van der Waals surface area contributed by atoms with Gasteiger partial charge >= 0.3 is 13.1 Å². The van der Waals surface area contributed by atoms with Gasteiger partial charge in [-0.3, -0.25) is 0 Å². The summed E-state index contributed by atoms with van der Waals surface area (Å²) in [5, 5.41) is 12.2. The average molecular weight is 247 g/mol. The molecule has 1 unspecified atom stereocenters. The molecule has 2 rings (SSSR count). The smallest absolute Gasteiger partial charge is 0.534 e. The van der Waals surface area contributed by atoms with Crippen LogP contribution in [0, 0.1) is 0 Å². The first-order chi connectivity index (χ1) is 8.67. The highest BCUT2D eigenvalue weighted by Crippen LogP contribution is 2.30. The number of hydrogen-bond donors (Lipinski definition) is 2. The second-order valence-corrected chi connectivity index (χ2v) is 4.00. The minimum atomic E-state index is -1.00. The van der Waals surface area contributed by atoms with Crippen LogP contribution in [-0.2, 0) is 11.1 Å². The summed E-state index contributed by atoms with van der Waals surface area (Å²) in [5.41, 5.74) is 1.01. The van der Waals surface area contributed by atoms with Crippen molar-refractivity contribution in [1.29, 1.82) is 0 Å². The van der Waals surface area contributed by atoms with Gasteiger partial charge in [0, 0.05) is 7.11 Å². The van der Waals surface area contributed by atoms with Gasteiger partial charge in [0.2, 0.25) is 0 Å². The minimum absolute atomic E-state index is 0.0796. The molecule has 18 heavy (non-hydrogen) atoms. The highest BCUT2D eigenvalue weighted by Gasteiger charge is 2.37. The second-order valence-electron chi connectivity index (χ2n) is 4.00. The molecule has 0 fully saturated rings. The summed E-state index contributed by atoms with van der Waals surface area (Å²) in [6.45, 7) is 3.61. The van der Waals surface area contributed by atoms with Crippen LogP contribution in [0.1, 0.15) is 15.9 Å². The van der Waals surface area contributed by atoms with Crippen LogP contribution in [0.5, 0.6) is 5.75 Å². The molecule has 2 N–H and O–H groups in total. The second kappa shape index (κ2) is 5.14. The monoisotopic (exact) mass is 247 g/mol. The maximum atomic E-state index is 11.1. The summed E-state index contributed by atoms with van der Waals surface area (Å²) in [7, 11) is 0.993. The van der Waals surface area contributed by atoms with Crippen LogP contribution in [-0.4, -0.2) is 31.2 Å². The zero-order chi connectivity index (χ0) is 13.1. The first-order valence-corrected chi connectivity index (χ1v) is 5.59. The van der Waals surface area contributed by atoms with Gasteiger partial charge in [0.25, 0.3) is 0 Å². The normalized spacial score (nSPS) is 17.6. The van der Waals surface area contributed by atoms with Crippen molar-refractivity contribution in [2.24, 2.45) is 0 Å². The number of hydrogen-bond acceptors (Lipinski definition) is 4. The Morgan fingerprint density at radius 1 is 1.72 bits per heavy atom. The summed E-state index contributed by atoms with van der Waals surface area (Å²) in [4.78, 5) is 11.1. The molecule has 1 aliphatic rings. The van der Waals surface area contributed by atoms with E-state index in [1.807, 2.05) is 6.07 Å². The van der Waals surface area contributed by atoms with Gasteiger partial charge in [0.15, 0.2) is 0 Å². The van der Waals surface area contributed by atoms with E-state index in [0.29, 0.717) is 12.2 Å². The maximum Gasteiger partial charge on any atom is 0.549 e. The van der Waals surface area contributed by atoms with Gasteiger partial charge in [-0.25, -0.2) is 4.79 Å². The molecule has 0 radical (unpaired) electrons. The van der Waals surface area contributed by atoms with Gasteiger partial charge in [-0.15, -0.1) is 0 Å². The Balaban J connectivity index is 2.38. The third kappa shape index (κ3) is 2.19. The Labute approximate surface area is 106 Å². The van der Waals surface area contributed by atoms with Crippen molar-refractivity contribution in [3.63, 3.8) is 0 Å². The van der Waals surface area contributed by atoms with Crippen LogP contribution in [0.25, 0.3) is 0 Å². The lowest BCUT2D eigenvalue weighted by molar-refractivity contribution is 0.0694. The van der Waals surface area contributed by atoms with Crippen LogP contribution in [0.3, 0.4) is 0 Å². The van der Waals surface area contributed by atoms with Gasteiger partial charge in [-0.1, -0.05) is 18.7 Å². The fourth-order valence-electron chi connectivity index (χ4n) is 2.09. The summed E-state index contributed by atoms with van der Waals surface area (Å²) in [6.07, 6.45) is 2.20. The maximum absolute atomic E-state index is 11.1. The molecule has 1 aromatic rings. The third-order valence-electron chi connectivity index (χ3n) is 2.89. The van der Waals surface area contributed by atoms with E-state index in [1.54, 1.807) is 12.3 Å². The SMILES string of the molecule is C=CNC1Cc2cccc(C(=O)O)c2OB1OC. The molecule has 1 heterocycles. The summed E-state index contributed by atoms with van der Waals surface area (Å²) in [6, 6.07) is 5.09. The van der Waals surface area contributed by atoms with Gasteiger partial charge < -0.3 is 19.7 Å². The molecule has 5 nitrogen and oxygen atoms in total. The molecule has 0 aliphatic carbocycles. The Morgan fingerprint density at radius 2 is 2.50 bits per heavy atom. The number of carboxylic acid groups (broad SMARTS) is 1. The van der Waals surface area contributed by atoms with Crippen LogP contribution in [0.4, 0.5) is 0 Å². The summed E-state index contributed by atoms with van der Waals surface area (Å²) >= 11 is 0. The summed E-state index contributed by atoms with van der Waals surface area (Å²) < 4.78 is 10.8. The van der Waals surface area contributed by atoms with E-state index >= 15 is 0 Å². The first-order valence-electron chi connectivity index (χ1n) is 5.59. The van der Waals surface area contributed by atoms with Crippen molar-refractivity contribution in [2.75, 3.05) is 7.11 Å². The zero-order valence-electron chi connectivity index (χ0n) is 10.1. The molecule has 6 heteroatoms.